The highest BCUT2D eigenvalue weighted by molar-refractivity contribution is 7.78. The van der Waals surface area contributed by atoms with Crippen LogP contribution in [0.1, 0.15) is 39.7 Å². The van der Waals surface area contributed by atoms with Crippen molar-refractivity contribution in [2.75, 3.05) is 19.0 Å². The fraction of sp³-hybridized carbons (Fsp3) is 0.600. The van der Waals surface area contributed by atoms with Crippen molar-refractivity contribution < 1.29 is 4.74 Å². The van der Waals surface area contributed by atoms with E-state index in [-0.39, 0.29) is 5.41 Å². The molecule has 0 heterocycles. The summed E-state index contributed by atoms with van der Waals surface area (Å²) in [6.45, 7) is 10.6. The van der Waals surface area contributed by atoms with Crippen molar-refractivity contribution in [3.05, 3.63) is 29.8 Å². The van der Waals surface area contributed by atoms with Crippen molar-refractivity contribution in [1.82, 2.24) is 0 Å². The van der Waals surface area contributed by atoms with E-state index in [1.165, 1.54) is 22.2 Å². The van der Waals surface area contributed by atoms with Gasteiger partial charge in [-0.25, -0.2) is 0 Å². The van der Waals surface area contributed by atoms with E-state index in [0.717, 1.165) is 25.4 Å². The summed E-state index contributed by atoms with van der Waals surface area (Å²) in [4.78, 5) is 1.39. The third-order valence-corrected chi connectivity index (χ3v) is 3.68. The fourth-order valence-corrected chi connectivity index (χ4v) is 2.39. The van der Waals surface area contributed by atoms with Gasteiger partial charge in [-0.05, 0) is 29.5 Å². The first-order valence-corrected chi connectivity index (χ1v) is 7.48. The second-order valence-electron chi connectivity index (χ2n) is 5.29. The molecule has 0 aliphatic rings. The van der Waals surface area contributed by atoms with Crippen molar-refractivity contribution in [2.24, 2.45) is 0 Å². The van der Waals surface area contributed by atoms with Gasteiger partial charge in [0.1, 0.15) is 5.75 Å². The van der Waals surface area contributed by atoms with Gasteiger partial charge in [0.05, 0.1) is 6.61 Å². The molecule has 0 unspecified atom stereocenters. The number of hydrogen-bond donors (Lipinski definition) is 0. The summed E-state index contributed by atoms with van der Waals surface area (Å²) >= 11 is 1.37. The molecule has 0 bridgehead atoms. The van der Waals surface area contributed by atoms with E-state index >= 15 is 0 Å². The Hall–Kier alpha value is -0.470. The zero-order chi connectivity index (χ0) is 12.7. The molecular formula is C15H25OS+. The van der Waals surface area contributed by atoms with Gasteiger partial charge in [-0.1, -0.05) is 39.8 Å². The second-order valence-corrected chi connectivity index (χ2v) is 6.57. The Morgan fingerprint density at radius 1 is 1.06 bits per heavy atom. The molecule has 0 atom stereocenters. The maximum absolute atomic E-state index is 5.48. The Kier molecular flexibility index (Phi) is 6.07. The lowest BCUT2D eigenvalue weighted by Gasteiger charge is -2.18. The predicted octanol–water partition coefficient (Wildman–Crippen LogP) is 3.58. The van der Waals surface area contributed by atoms with E-state index in [9.17, 15) is 0 Å². The van der Waals surface area contributed by atoms with Crippen LogP contribution in [0.4, 0.5) is 0 Å². The molecule has 17 heavy (non-hydrogen) atoms. The lowest BCUT2D eigenvalue weighted by atomic mass is 9.87. The van der Waals surface area contributed by atoms with E-state index in [1.807, 2.05) is 0 Å². The average molecular weight is 253 g/mol. The molecular weight excluding hydrogens is 228 g/mol. The van der Waals surface area contributed by atoms with Crippen molar-refractivity contribution in [1.29, 1.82) is 0 Å². The van der Waals surface area contributed by atoms with Crippen LogP contribution in [0, 0.1) is 0 Å². The van der Waals surface area contributed by atoms with E-state index in [0.29, 0.717) is 0 Å². The average Bonchev–Trinajstić information content (AvgIpc) is 2.28. The molecule has 2 heteroatoms. The molecule has 1 nitrogen and oxygen atoms in total. The summed E-state index contributed by atoms with van der Waals surface area (Å²) in [6, 6.07) is 8.97. The van der Waals surface area contributed by atoms with Crippen LogP contribution in [0.5, 0.6) is 0 Å². The van der Waals surface area contributed by atoms with Crippen LogP contribution in [0.15, 0.2) is 29.2 Å². The molecule has 0 spiro atoms. The van der Waals surface area contributed by atoms with Crippen LogP contribution < -0.4 is 0 Å². The summed E-state index contributed by atoms with van der Waals surface area (Å²) in [7, 11) is 0. The predicted molar refractivity (Wildman–Crippen MR) is 78.1 cm³/mol. The first-order valence-electron chi connectivity index (χ1n) is 6.40. The molecule has 1 aromatic rings. The van der Waals surface area contributed by atoms with E-state index in [1.54, 1.807) is 0 Å². The molecule has 1 aromatic carbocycles. The van der Waals surface area contributed by atoms with E-state index in [4.69, 9.17) is 4.74 Å². The van der Waals surface area contributed by atoms with Crippen LogP contribution in [0.2, 0.25) is 0 Å². The monoisotopic (exact) mass is 253 g/mol. The van der Waals surface area contributed by atoms with E-state index in [2.05, 4.69) is 52.0 Å². The third kappa shape index (κ3) is 5.60. The molecule has 0 fully saturated rings. The minimum absolute atomic E-state index is 0.250. The fourth-order valence-electron chi connectivity index (χ4n) is 1.55. The van der Waals surface area contributed by atoms with Gasteiger partial charge in [0.2, 0.25) is 0 Å². The van der Waals surface area contributed by atoms with Crippen LogP contribution in [0.3, 0.4) is 0 Å². The number of thiol groups is 1. The standard InChI is InChI=1S/C15H24OS/c1-5-10-16-11-12-17-14-8-6-13(7-9-14)15(2,3)4/h6-9H,5,10-12H2,1-4H3/p+1. The van der Waals surface area contributed by atoms with Gasteiger partial charge in [-0.3, -0.25) is 0 Å². The van der Waals surface area contributed by atoms with E-state index < -0.39 is 0 Å². The zero-order valence-electron chi connectivity index (χ0n) is 11.5. The molecule has 96 valence electrons. The van der Waals surface area contributed by atoms with Gasteiger partial charge >= 0.3 is 0 Å². The number of ether oxygens (including phenoxy) is 1. The van der Waals surface area contributed by atoms with Gasteiger partial charge in [0.15, 0.2) is 4.90 Å². The maximum atomic E-state index is 5.48. The summed E-state index contributed by atoms with van der Waals surface area (Å²) < 4.78 is 5.48. The summed E-state index contributed by atoms with van der Waals surface area (Å²) in [6.07, 6.45) is 1.11. The number of benzene rings is 1. The normalized spacial score (nSPS) is 11.8. The molecule has 0 radical (unpaired) electrons. The topological polar surface area (TPSA) is 9.23 Å². The lowest BCUT2D eigenvalue weighted by Crippen LogP contribution is -2.10. The van der Waals surface area contributed by atoms with Crippen molar-refractivity contribution in [3.8, 4) is 0 Å². The molecule has 0 aliphatic heterocycles. The van der Waals surface area contributed by atoms with Crippen molar-refractivity contribution in [2.45, 2.75) is 44.4 Å². The molecule has 0 amide bonds. The second kappa shape index (κ2) is 7.07. The Morgan fingerprint density at radius 3 is 2.24 bits per heavy atom. The molecule has 0 saturated carbocycles. The van der Waals surface area contributed by atoms with Crippen LogP contribution in [0.25, 0.3) is 0 Å². The van der Waals surface area contributed by atoms with Gasteiger partial charge in [-0.15, -0.1) is 0 Å². The lowest BCUT2D eigenvalue weighted by molar-refractivity contribution is 0.150. The van der Waals surface area contributed by atoms with Crippen LogP contribution in [-0.4, -0.2) is 19.0 Å². The molecule has 0 aliphatic carbocycles. The summed E-state index contributed by atoms with van der Waals surface area (Å²) in [5.41, 5.74) is 1.65. The van der Waals surface area contributed by atoms with Gasteiger partial charge < -0.3 is 4.74 Å². The Bertz CT molecular complexity index is 311. The summed E-state index contributed by atoms with van der Waals surface area (Å²) in [5, 5.41) is 0. The highest BCUT2D eigenvalue weighted by Gasteiger charge is 2.13. The SMILES string of the molecule is CCCOCC[SH+]c1ccc(C(C)(C)C)cc1. The highest BCUT2D eigenvalue weighted by atomic mass is 32.2. The first-order chi connectivity index (χ1) is 8.04. The van der Waals surface area contributed by atoms with Crippen LogP contribution >= 0.6 is 0 Å². The smallest absolute Gasteiger partial charge is 0.152 e. The number of rotatable bonds is 6. The minimum Gasteiger partial charge on any atom is -0.377 e. The molecule has 0 saturated heterocycles. The molecule has 0 N–H and O–H groups in total. The minimum atomic E-state index is 0.250. The number of hydrogen-bond acceptors (Lipinski definition) is 1. The van der Waals surface area contributed by atoms with Crippen molar-refractivity contribution in [3.63, 3.8) is 0 Å². The quantitative estimate of drug-likeness (QED) is 0.428. The van der Waals surface area contributed by atoms with Crippen LogP contribution in [-0.2, 0) is 21.9 Å². The Morgan fingerprint density at radius 2 is 1.71 bits per heavy atom. The summed E-state index contributed by atoms with van der Waals surface area (Å²) in [5.74, 6) is 1.09. The zero-order valence-corrected chi connectivity index (χ0v) is 12.4. The third-order valence-electron chi connectivity index (χ3n) is 2.61. The van der Waals surface area contributed by atoms with Crippen molar-refractivity contribution >= 4 is 11.8 Å². The molecule has 1 rings (SSSR count). The van der Waals surface area contributed by atoms with Gasteiger partial charge in [0, 0.05) is 18.4 Å². The van der Waals surface area contributed by atoms with Gasteiger partial charge in [0.25, 0.3) is 0 Å². The van der Waals surface area contributed by atoms with Gasteiger partial charge in [-0.2, -0.15) is 0 Å². The highest BCUT2D eigenvalue weighted by Crippen LogP contribution is 2.22. The Balaban J connectivity index is 2.36. The maximum Gasteiger partial charge on any atom is 0.152 e. The largest absolute Gasteiger partial charge is 0.377 e. The Labute approximate surface area is 110 Å². The first kappa shape index (κ1) is 14.6. The molecule has 0 aromatic heterocycles.